The molecule has 2 radical (unpaired) electrons. The lowest BCUT2D eigenvalue weighted by Gasteiger charge is -2.27. The predicted molar refractivity (Wildman–Crippen MR) is 57.5 cm³/mol. The van der Waals surface area contributed by atoms with E-state index >= 15 is 0 Å². The highest BCUT2D eigenvalue weighted by atomic mass is 14.2. The normalized spacial score (nSPS) is 18.8. The molecule has 0 saturated carbocycles. The van der Waals surface area contributed by atoms with Gasteiger partial charge in [0.15, 0.2) is 0 Å². The van der Waals surface area contributed by atoms with Crippen molar-refractivity contribution >= 4 is 7.85 Å². The van der Waals surface area contributed by atoms with Crippen LogP contribution in [0.4, 0.5) is 0 Å². The third-order valence-electron chi connectivity index (χ3n) is 2.55. The summed E-state index contributed by atoms with van der Waals surface area (Å²) in [5.41, 5.74) is 0. The molecule has 0 aromatic rings. The van der Waals surface area contributed by atoms with E-state index in [0.29, 0.717) is 23.6 Å². The maximum absolute atomic E-state index is 5.79. The van der Waals surface area contributed by atoms with Crippen LogP contribution in [0.25, 0.3) is 0 Å². The highest BCUT2D eigenvalue weighted by Gasteiger charge is 2.19. The van der Waals surface area contributed by atoms with E-state index in [9.17, 15) is 0 Å². The van der Waals surface area contributed by atoms with E-state index in [2.05, 4.69) is 34.3 Å². The Labute approximate surface area is 78.9 Å². The Hall–Kier alpha value is -0.195. The van der Waals surface area contributed by atoms with Gasteiger partial charge in [0.05, 0.1) is 7.85 Å². The highest BCUT2D eigenvalue weighted by Crippen LogP contribution is 2.29. The second-order valence-corrected chi connectivity index (χ2v) is 4.22. The van der Waals surface area contributed by atoms with E-state index in [-0.39, 0.29) is 0 Å². The Kier molecular flexibility index (Phi) is 5.36. The van der Waals surface area contributed by atoms with Crippen molar-refractivity contribution < 1.29 is 0 Å². The SMILES string of the molecule is [B]C(C)CC(C(C)C)C(C)C=C. The first-order valence-electron chi connectivity index (χ1n) is 4.87. The molecule has 0 aromatic carbocycles. The number of rotatable bonds is 5. The van der Waals surface area contributed by atoms with Crippen LogP contribution in [-0.4, -0.2) is 7.85 Å². The predicted octanol–water partition coefficient (Wildman–Crippen LogP) is 3.45. The summed E-state index contributed by atoms with van der Waals surface area (Å²) in [6.45, 7) is 12.6. The molecule has 12 heavy (non-hydrogen) atoms. The Bertz CT molecular complexity index is 127. The van der Waals surface area contributed by atoms with Gasteiger partial charge in [-0.25, -0.2) is 0 Å². The quantitative estimate of drug-likeness (QED) is 0.431. The monoisotopic (exact) mass is 164 g/mol. The summed E-state index contributed by atoms with van der Waals surface area (Å²) in [5, 5.41) is 0. The molecule has 0 nitrogen and oxygen atoms in total. The summed E-state index contributed by atoms with van der Waals surface area (Å²) in [7, 11) is 5.79. The van der Waals surface area contributed by atoms with Crippen LogP contribution in [0.1, 0.15) is 34.1 Å². The van der Waals surface area contributed by atoms with Crippen molar-refractivity contribution in [2.24, 2.45) is 17.8 Å². The van der Waals surface area contributed by atoms with Crippen molar-refractivity contribution in [3.8, 4) is 0 Å². The van der Waals surface area contributed by atoms with Gasteiger partial charge in [-0.15, -0.1) is 6.58 Å². The molecule has 0 fully saturated rings. The van der Waals surface area contributed by atoms with Crippen LogP contribution in [0.5, 0.6) is 0 Å². The fraction of sp³-hybridized carbons (Fsp3) is 0.818. The second-order valence-electron chi connectivity index (χ2n) is 4.22. The second kappa shape index (κ2) is 5.45. The zero-order valence-electron chi connectivity index (χ0n) is 8.88. The van der Waals surface area contributed by atoms with E-state index in [1.807, 2.05) is 6.08 Å². The number of allylic oxidation sites excluding steroid dienone is 1. The van der Waals surface area contributed by atoms with Gasteiger partial charge < -0.3 is 0 Å². The largest absolute Gasteiger partial charge is 0.103 e. The molecule has 0 aliphatic carbocycles. The minimum absolute atomic E-state index is 0.305. The standard InChI is InChI=1S/C11H21B/c1-6-9(4)11(8(2)3)7-10(5)12/h6,8-11H,1,7H2,2-5H3. The molecule has 0 amide bonds. The van der Waals surface area contributed by atoms with Crippen molar-refractivity contribution in [1.82, 2.24) is 0 Å². The molecular formula is C11H21B. The van der Waals surface area contributed by atoms with E-state index in [4.69, 9.17) is 7.85 Å². The first-order valence-corrected chi connectivity index (χ1v) is 4.87. The number of hydrogen-bond acceptors (Lipinski definition) is 0. The van der Waals surface area contributed by atoms with E-state index in [1.54, 1.807) is 0 Å². The van der Waals surface area contributed by atoms with Crippen molar-refractivity contribution in [2.45, 2.75) is 39.9 Å². The fourth-order valence-electron chi connectivity index (χ4n) is 1.70. The maximum Gasteiger partial charge on any atom is 0.0695 e. The van der Waals surface area contributed by atoms with Crippen LogP contribution < -0.4 is 0 Å². The summed E-state index contributed by atoms with van der Waals surface area (Å²) in [6.07, 6.45) is 3.14. The summed E-state index contributed by atoms with van der Waals surface area (Å²) in [5.74, 6) is 2.27. The lowest BCUT2D eigenvalue weighted by Crippen LogP contribution is -2.17. The van der Waals surface area contributed by atoms with Crippen molar-refractivity contribution in [3.63, 3.8) is 0 Å². The Morgan fingerprint density at radius 2 is 1.75 bits per heavy atom. The number of hydrogen-bond donors (Lipinski definition) is 0. The molecule has 68 valence electrons. The van der Waals surface area contributed by atoms with Crippen LogP contribution in [0.15, 0.2) is 12.7 Å². The minimum atomic E-state index is 0.305. The van der Waals surface area contributed by atoms with Crippen molar-refractivity contribution in [1.29, 1.82) is 0 Å². The van der Waals surface area contributed by atoms with Crippen LogP contribution in [0.3, 0.4) is 0 Å². The van der Waals surface area contributed by atoms with Gasteiger partial charge in [0, 0.05) is 0 Å². The molecule has 0 heterocycles. The Morgan fingerprint density at radius 1 is 1.25 bits per heavy atom. The summed E-state index contributed by atoms with van der Waals surface area (Å²) < 4.78 is 0. The molecule has 0 aliphatic heterocycles. The molecule has 0 aliphatic rings. The summed E-state index contributed by atoms with van der Waals surface area (Å²) >= 11 is 0. The molecule has 1 heteroatoms. The molecule has 0 bridgehead atoms. The van der Waals surface area contributed by atoms with Gasteiger partial charge in [0.2, 0.25) is 0 Å². The molecular weight excluding hydrogens is 143 g/mol. The molecule has 0 rings (SSSR count). The van der Waals surface area contributed by atoms with E-state index < -0.39 is 0 Å². The summed E-state index contributed by atoms with van der Waals surface area (Å²) in [4.78, 5) is 0. The zero-order valence-corrected chi connectivity index (χ0v) is 8.88. The molecule has 0 aromatic heterocycles. The minimum Gasteiger partial charge on any atom is -0.103 e. The van der Waals surface area contributed by atoms with Crippen LogP contribution in [0.2, 0.25) is 5.82 Å². The first kappa shape index (κ1) is 11.8. The average molecular weight is 164 g/mol. The third kappa shape index (κ3) is 3.99. The van der Waals surface area contributed by atoms with Gasteiger partial charge in [-0.3, -0.25) is 0 Å². The topological polar surface area (TPSA) is 0 Å². The molecule has 3 atom stereocenters. The highest BCUT2D eigenvalue weighted by molar-refractivity contribution is 6.11. The fourth-order valence-corrected chi connectivity index (χ4v) is 1.70. The van der Waals surface area contributed by atoms with Gasteiger partial charge in [-0.1, -0.05) is 46.0 Å². The van der Waals surface area contributed by atoms with Crippen molar-refractivity contribution in [2.75, 3.05) is 0 Å². The molecule has 0 saturated heterocycles. The van der Waals surface area contributed by atoms with Crippen molar-refractivity contribution in [3.05, 3.63) is 12.7 Å². The Morgan fingerprint density at radius 3 is 2.00 bits per heavy atom. The first-order chi connectivity index (χ1) is 5.49. The average Bonchev–Trinajstić information content (AvgIpc) is 1.98. The van der Waals surface area contributed by atoms with Gasteiger partial charge >= 0.3 is 0 Å². The smallest absolute Gasteiger partial charge is 0.0695 e. The lowest BCUT2D eigenvalue weighted by molar-refractivity contribution is 0.290. The van der Waals surface area contributed by atoms with E-state index in [0.717, 1.165) is 6.42 Å². The molecule has 0 N–H and O–H groups in total. The lowest BCUT2D eigenvalue weighted by atomic mass is 9.73. The van der Waals surface area contributed by atoms with E-state index in [1.165, 1.54) is 0 Å². The summed E-state index contributed by atoms with van der Waals surface area (Å²) in [6, 6.07) is 0. The van der Waals surface area contributed by atoms with Gasteiger partial charge in [0.25, 0.3) is 0 Å². The van der Waals surface area contributed by atoms with Crippen LogP contribution in [-0.2, 0) is 0 Å². The molecule has 0 spiro atoms. The third-order valence-corrected chi connectivity index (χ3v) is 2.55. The zero-order chi connectivity index (χ0) is 9.72. The van der Waals surface area contributed by atoms with Crippen LogP contribution in [0, 0.1) is 17.8 Å². The van der Waals surface area contributed by atoms with Crippen LogP contribution >= 0.6 is 0 Å². The van der Waals surface area contributed by atoms with Gasteiger partial charge in [0.1, 0.15) is 0 Å². The van der Waals surface area contributed by atoms with Gasteiger partial charge in [-0.2, -0.15) is 0 Å². The maximum atomic E-state index is 5.79. The molecule has 3 unspecified atom stereocenters. The van der Waals surface area contributed by atoms with Gasteiger partial charge in [-0.05, 0) is 17.8 Å². The Balaban J connectivity index is 4.12.